The van der Waals surface area contributed by atoms with Gasteiger partial charge in [0.2, 0.25) is 0 Å². The van der Waals surface area contributed by atoms with Crippen molar-refractivity contribution >= 4 is 17.4 Å². The second kappa shape index (κ2) is 5.13. The smallest absolute Gasteiger partial charge is 0.135 e. The fourth-order valence-corrected chi connectivity index (χ4v) is 2.17. The lowest BCUT2D eigenvalue weighted by atomic mass is 10.2. The lowest BCUT2D eigenvalue weighted by Crippen LogP contribution is -2.18. The van der Waals surface area contributed by atoms with Crippen LogP contribution < -0.4 is 4.90 Å². The highest BCUT2D eigenvalue weighted by molar-refractivity contribution is 6.29. The van der Waals surface area contributed by atoms with E-state index in [2.05, 4.69) is 19.9 Å². The molecule has 0 aromatic carbocycles. The third-order valence-electron chi connectivity index (χ3n) is 3.17. The summed E-state index contributed by atoms with van der Waals surface area (Å²) in [5.74, 6) is 2.25. The van der Waals surface area contributed by atoms with E-state index in [-0.39, 0.29) is 0 Å². The Morgan fingerprint density at radius 1 is 1.37 bits per heavy atom. The molecule has 1 saturated carbocycles. The molecule has 0 atom stereocenters. The molecule has 5 heteroatoms. The largest absolute Gasteiger partial charge is 0.355 e. The Labute approximate surface area is 117 Å². The van der Waals surface area contributed by atoms with Gasteiger partial charge in [0.25, 0.3) is 0 Å². The molecule has 2 aromatic rings. The summed E-state index contributed by atoms with van der Waals surface area (Å²) in [7, 11) is 2.00. The predicted molar refractivity (Wildman–Crippen MR) is 75.4 cm³/mol. The molecule has 4 nitrogen and oxygen atoms in total. The third-order valence-corrected chi connectivity index (χ3v) is 3.37. The molecule has 2 aromatic heterocycles. The van der Waals surface area contributed by atoms with Crippen LogP contribution in [0.5, 0.6) is 0 Å². The monoisotopic (exact) mass is 274 g/mol. The zero-order valence-electron chi connectivity index (χ0n) is 10.8. The van der Waals surface area contributed by atoms with Crippen LogP contribution in [0.25, 0.3) is 0 Å². The average Bonchev–Trinajstić information content (AvgIpc) is 3.23. The van der Waals surface area contributed by atoms with Crippen molar-refractivity contribution < 1.29 is 0 Å². The van der Waals surface area contributed by atoms with E-state index in [1.807, 2.05) is 31.4 Å². The quantitative estimate of drug-likeness (QED) is 0.804. The van der Waals surface area contributed by atoms with Gasteiger partial charge in [-0.15, -0.1) is 0 Å². The molecular formula is C14H15ClN4. The van der Waals surface area contributed by atoms with Gasteiger partial charge in [0, 0.05) is 38.0 Å². The number of aromatic nitrogens is 3. The molecule has 0 aliphatic heterocycles. The van der Waals surface area contributed by atoms with Gasteiger partial charge in [-0.05, 0) is 24.5 Å². The molecule has 0 amide bonds. The second-order valence-electron chi connectivity index (χ2n) is 4.90. The van der Waals surface area contributed by atoms with Crippen LogP contribution >= 0.6 is 11.6 Å². The van der Waals surface area contributed by atoms with Crippen molar-refractivity contribution in [2.75, 3.05) is 11.9 Å². The first-order chi connectivity index (χ1) is 9.22. The van der Waals surface area contributed by atoms with Crippen molar-refractivity contribution in [2.45, 2.75) is 25.3 Å². The van der Waals surface area contributed by atoms with Crippen LogP contribution in [0.1, 0.15) is 30.1 Å². The van der Waals surface area contributed by atoms with Gasteiger partial charge in [-0.3, -0.25) is 4.98 Å². The van der Waals surface area contributed by atoms with Gasteiger partial charge in [-0.1, -0.05) is 17.7 Å². The van der Waals surface area contributed by atoms with E-state index in [1.54, 1.807) is 6.20 Å². The molecule has 1 fully saturated rings. The highest BCUT2D eigenvalue weighted by atomic mass is 35.5. The van der Waals surface area contributed by atoms with Gasteiger partial charge in [0.05, 0.1) is 0 Å². The van der Waals surface area contributed by atoms with E-state index in [9.17, 15) is 0 Å². The molecule has 0 saturated heterocycles. The zero-order chi connectivity index (χ0) is 13.2. The minimum Gasteiger partial charge on any atom is -0.355 e. The molecule has 1 aliphatic carbocycles. The molecular weight excluding hydrogens is 260 g/mol. The van der Waals surface area contributed by atoms with E-state index in [0.29, 0.717) is 11.1 Å². The first-order valence-electron chi connectivity index (χ1n) is 6.37. The molecule has 2 heterocycles. The Balaban J connectivity index is 1.81. The van der Waals surface area contributed by atoms with E-state index in [0.717, 1.165) is 23.8 Å². The normalized spacial score (nSPS) is 14.4. The Kier molecular flexibility index (Phi) is 3.34. The third kappa shape index (κ3) is 3.01. The molecule has 0 radical (unpaired) electrons. The minimum atomic E-state index is 0.504. The maximum atomic E-state index is 6.08. The van der Waals surface area contributed by atoms with Crippen molar-refractivity contribution in [3.8, 4) is 0 Å². The molecule has 1 aliphatic rings. The zero-order valence-corrected chi connectivity index (χ0v) is 11.5. The number of rotatable bonds is 4. The summed E-state index contributed by atoms with van der Waals surface area (Å²) < 4.78 is 0. The fraction of sp³-hybridized carbons (Fsp3) is 0.357. The number of hydrogen-bond acceptors (Lipinski definition) is 4. The van der Waals surface area contributed by atoms with Gasteiger partial charge in [0.1, 0.15) is 16.8 Å². The van der Waals surface area contributed by atoms with Crippen LogP contribution in [0.2, 0.25) is 5.15 Å². The fourth-order valence-electron chi connectivity index (χ4n) is 1.99. The van der Waals surface area contributed by atoms with Gasteiger partial charge in [-0.25, -0.2) is 9.97 Å². The minimum absolute atomic E-state index is 0.504. The summed E-state index contributed by atoms with van der Waals surface area (Å²) in [6.45, 7) is 0.755. The van der Waals surface area contributed by atoms with Crippen LogP contribution in [-0.2, 0) is 6.54 Å². The van der Waals surface area contributed by atoms with Crippen LogP contribution in [0.15, 0.2) is 30.6 Å². The first-order valence-corrected chi connectivity index (χ1v) is 6.74. The van der Waals surface area contributed by atoms with Gasteiger partial charge in [-0.2, -0.15) is 0 Å². The van der Waals surface area contributed by atoms with E-state index >= 15 is 0 Å². The van der Waals surface area contributed by atoms with Crippen LogP contribution in [0.4, 0.5) is 5.82 Å². The maximum absolute atomic E-state index is 6.08. The Morgan fingerprint density at radius 3 is 2.89 bits per heavy atom. The van der Waals surface area contributed by atoms with Crippen molar-refractivity contribution in [1.82, 2.24) is 15.0 Å². The number of pyridine rings is 1. The maximum Gasteiger partial charge on any atom is 0.135 e. The van der Waals surface area contributed by atoms with E-state index < -0.39 is 0 Å². The van der Waals surface area contributed by atoms with Crippen molar-refractivity contribution in [3.63, 3.8) is 0 Å². The van der Waals surface area contributed by atoms with Crippen LogP contribution in [0, 0.1) is 0 Å². The topological polar surface area (TPSA) is 41.9 Å². The van der Waals surface area contributed by atoms with Crippen molar-refractivity contribution in [2.24, 2.45) is 0 Å². The molecule has 3 rings (SSSR count). The standard InChI is InChI=1S/C14H15ClN4/c1-19(9-10-3-2-6-16-8-10)13-7-12(15)17-14(18-13)11-4-5-11/h2-3,6-8,11H,4-5,9H2,1H3. The molecule has 0 bridgehead atoms. The first kappa shape index (κ1) is 12.4. The molecule has 98 valence electrons. The SMILES string of the molecule is CN(Cc1cccnc1)c1cc(Cl)nc(C2CC2)n1. The number of anilines is 1. The number of halogens is 1. The lowest BCUT2D eigenvalue weighted by Gasteiger charge is -2.18. The average molecular weight is 275 g/mol. The highest BCUT2D eigenvalue weighted by Crippen LogP contribution is 2.39. The number of nitrogens with zero attached hydrogens (tertiary/aromatic N) is 4. The van der Waals surface area contributed by atoms with Crippen molar-refractivity contribution in [3.05, 3.63) is 47.1 Å². The summed E-state index contributed by atoms with van der Waals surface area (Å²) in [4.78, 5) is 15.1. The Morgan fingerprint density at radius 2 is 2.21 bits per heavy atom. The summed E-state index contributed by atoms with van der Waals surface area (Å²) in [6.07, 6.45) is 5.98. The van der Waals surface area contributed by atoms with Gasteiger partial charge >= 0.3 is 0 Å². The van der Waals surface area contributed by atoms with E-state index in [4.69, 9.17) is 11.6 Å². The molecule has 0 unspecified atom stereocenters. The van der Waals surface area contributed by atoms with Gasteiger partial charge in [0.15, 0.2) is 0 Å². The Bertz CT molecular complexity index is 569. The summed E-state index contributed by atoms with van der Waals surface area (Å²) >= 11 is 6.08. The summed E-state index contributed by atoms with van der Waals surface area (Å²) in [5, 5.41) is 0.518. The van der Waals surface area contributed by atoms with Crippen LogP contribution in [-0.4, -0.2) is 22.0 Å². The lowest BCUT2D eigenvalue weighted by molar-refractivity contribution is 0.851. The van der Waals surface area contributed by atoms with E-state index in [1.165, 1.54) is 12.8 Å². The Hall–Kier alpha value is -1.68. The van der Waals surface area contributed by atoms with Gasteiger partial charge < -0.3 is 4.90 Å². The van der Waals surface area contributed by atoms with Crippen LogP contribution in [0.3, 0.4) is 0 Å². The highest BCUT2D eigenvalue weighted by Gasteiger charge is 2.27. The molecule has 19 heavy (non-hydrogen) atoms. The second-order valence-corrected chi connectivity index (χ2v) is 5.29. The molecule has 0 spiro atoms. The van der Waals surface area contributed by atoms with Crippen molar-refractivity contribution in [1.29, 1.82) is 0 Å². The summed E-state index contributed by atoms with van der Waals surface area (Å²) in [5.41, 5.74) is 1.15. The molecule has 0 N–H and O–H groups in total. The summed E-state index contributed by atoms with van der Waals surface area (Å²) in [6, 6.07) is 5.80. The number of hydrogen-bond donors (Lipinski definition) is 0. The predicted octanol–water partition coefficient (Wildman–Crippen LogP) is 3.04.